The van der Waals surface area contributed by atoms with E-state index in [-0.39, 0.29) is 6.04 Å². The molecule has 0 aliphatic carbocycles. The highest BCUT2D eigenvalue weighted by Gasteiger charge is 2.20. The molecular formula is C19H14ClN7. The Kier molecular flexibility index (Phi) is 3.61. The van der Waals surface area contributed by atoms with Gasteiger partial charge in [-0.05, 0) is 13.0 Å². The second-order valence-corrected chi connectivity index (χ2v) is 6.57. The summed E-state index contributed by atoms with van der Waals surface area (Å²) in [5, 5.41) is 5.14. The van der Waals surface area contributed by atoms with E-state index in [0.29, 0.717) is 16.3 Å². The molecule has 132 valence electrons. The van der Waals surface area contributed by atoms with Crippen molar-refractivity contribution in [2.24, 2.45) is 0 Å². The van der Waals surface area contributed by atoms with E-state index in [1.165, 1.54) is 6.33 Å². The molecule has 5 aromatic rings. The first-order valence-corrected chi connectivity index (χ1v) is 8.83. The Balaban J connectivity index is 1.74. The zero-order valence-corrected chi connectivity index (χ0v) is 15.1. The number of hydrogen-bond acceptors (Lipinski definition) is 5. The van der Waals surface area contributed by atoms with Crippen LogP contribution in [0.25, 0.3) is 28.1 Å². The van der Waals surface area contributed by atoms with Crippen molar-refractivity contribution < 1.29 is 0 Å². The van der Waals surface area contributed by atoms with Crippen LogP contribution in [0, 0.1) is 0 Å². The highest BCUT2D eigenvalue weighted by atomic mass is 35.5. The summed E-state index contributed by atoms with van der Waals surface area (Å²) in [6.07, 6.45) is 6.77. The molecule has 0 saturated heterocycles. The van der Waals surface area contributed by atoms with Crippen molar-refractivity contribution in [1.29, 1.82) is 0 Å². The maximum atomic E-state index is 6.16. The molecule has 0 fully saturated rings. The van der Waals surface area contributed by atoms with Crippen LogP contribution >= 0.6 is 11.6 Å². The second kappa shape index (κ2) is 6.14. The molecule has 0 saturated carbocycles. The van der Waals surface area contributed by atoms with Crippen molar-refractivity contribution in [3.63, 3.8) is 0 Å². The van der Waals surface area contributed by atoms with Gasteiger partial charge in [-0.2, -0.15) is 5.10 Å². The monoisotopic (exact) mass is 375 g/mol. The summed E-state index contributed by atoms with van der Waals surface area (Å²) in [5.41, 5.74) is 5.00. The molecule has 7 nitrogen and oxygen atoms in total. The van der Waals surface area contributed by atoms with E-state index in [0.717, 1.165) is 22.5 Å². The van der Waals surface area contributed by atoms with E-state index < -0.39 is 0 Å². The average Bonchev–Trinajstić information content (AvgIpc) is 3.34. The number of imidazole rings is 2. The van der Waals surface area contributed by atoms with Gasteiger partial charge in [0.1, 0.15) is 11.8 Å². The van der Waals surface area contributed by atoms with Crippen molar-refractivity contribution in [2.45, 2.75) is 13.0 Å². The van der Waals surface area contributed by atoms with Crippen LogP contribution in [0.1, 0.15) is 18.5 Å². The van der Waals surface area contributed by atoms with Crippen molar-refractivity contribution in [2.75, 3.05) is 0 Å². The van der Waals surface area contributed by atoms with E-state index in [1.54, 1.807) is 17.0 Å². The summed E-state index contributed by atoms with van der Waals surface area (Å²) < 4.78 is 3.76. The number of rotatable bonds is 3. The third-order valence-electron chi connectivity index (χ3n) is 4.64. The zero-order chi connectivity index (χ0) is 18.4. The standard InChI is InChI=1S/C19H14ClN7/c1-12(26-11-24-17-18(20)22-10-23-19(17)26)14-9-15-21-7-8-27(15)25-16(14)13-5-3-2-4-6-13/h2-12H,1H3/t12-/m0/s1. The highest BCUT2D eigenvalue weighted by Crippen LogP contribution is 2.31. The Morgan fingerprint density at radius 2 is 1.89 bits per heavy atom. The van der Waals surface area contributed by atoms with E-state index in [4.69, 9.17) is 16.7 Å². The van der Waals surface area contributed by atoms with Gasteiger partial charge in [0.25, 0.3) is 0 Å². The zero-order valence-electron chi connectivity index (χ0n) is 14.4. The third-order valence-corrected chi connectivity index (χ3v) is 4.92. The van der Waals surface area contributed by atoms with Gasteiger partial charge in [-0.25, -0.2) is 24.5 Å². The Morgan fingerprint density at radius 3 is 2.74 bits per heavy atom. The Labute approximate surface area is 159 Å². The van der Waals surface area contributed by atoms with Crippen molar-refractivity contribution >= 4 is 28.4 Å². The Morgan fingerprint density at radius 1 is 1.04 bits per heavy atom. The Hall–Kier alpha value is -3.32. The fraction of sp³-hybridized carbons (Fsp3) is 0.105. The number of hydrogen-bond donors (Lipinski definition) is 0. The highest BCUT2D eigenvalue weighted by molar-refractivity contribution is 6.33. The molecule has 1 aromatic carbocycles. The lowest BCUT2D eigenvalue weighted by atomic mass is 10.0. The first-order valence-electron chi connectivity index (χ1n) is 8.45. The maximum Gasteiger partial charge on any atom is 0.165 e. The fourth-order valence-electron chi connectivity index (χ4n) is 3.26. The number of halogens is 1. The van der Waals surface area contributed by atoms with E-state index in [2.05, 4.69) is 32.9 Å². The number of benzene rings is 1. The van der Waals surface area contributed by atoms with Gasteiger partial charge in [-0.1, -0.05) is 41.9 Å². The van der Waals surface area contributed by atoms with Gasteiger partial charge < -0.3 is 4.57 Å². The number of nitrogens with zero attached hydrogens (tertiary/aromatic N) is 7. The van der Waals surface area contributed by atoms with Crippen LogP contribution in [0.2, 0.25) is 5.15 Å². The molecule has 0 bridgehead atoms. The lowest BCUT2D eigenvalue weighted by Gasteiger charge is -2.18. The van der Waals surface area contributed by atoms with Gasteiger partial charge >= 0.3 is 0 Å². The van der Waals surface area contributed by atoms with Crippen LogP contribution in [0.15, 0.2) is 61.4 Å². The van der Waals surface area contributed by atoms with Crippen LogP contribution in [-0.4, -0.2) is 34.1 Å². The largest absolute Gasteiger partial charge is 0.308 e. The maximum absolute atomic E-state index is 6.16. The molecule has 0 N–H and O–H groups in total. The van der Waals surface area contributed by atoms with E-state index in [9.17, 15) is 0 Å². The van der Waals surface area contributed by atoms with Gasteiger partial charge in [0.05, 0.1) is 18.1 Å². The summed E-state index contributed by atoms with van der Waals surface area (Å²) in [4.78, 5) is 17.1. The minimum atomic E-state index is -0.0784. The van der Waals surface area contributed by atoms with Gasteiger partial charge in [0, 0.05) is 23.5 Å². The van der Waals surface area contributed by atoms with Crippen LogP contribution < -0.4 is 0 Å². The normalized spacial score (nSPS) is 12.7. The van der Waals surface area contributed by atoms with Crippen LogP contribution in [-0.2, 0) is 0 Å². The summed E-state index contributed by atoms with van der Waals surface area (Å²) in [5.74, 6) is 0. The van der Waals surface area contributed by atoms with E-state index >= 15 is 0 Å². The van der Waals surface area contributed by atoms with Crippen molar-refractivity contribution in [1.82, 2.24) is 34.1 Å². The topological polar surface area (TPSA) is 73.8 Å². The lowest BCUT2D eigenvalue weighted by Crippen LogP contribution is -2.10. The van der Waals surface area contributed by atoms with Crippen LogP contribution in [0.4, 0.5) is 0 Å². The number of fused-ring (bicyclic) bond motifs is 2. The van der Waals surface area contributed by atoms with Gasteiger partial charge in [0.2, 0.25) is 0 Å². The van der Waals surface area contributed by atoms with E-state index in [1.807, 2.05) is 41.1 Å². The van der Waals surface area contributed by atoms with Crippen LogP contribution in [0.3, 0.4) is 0 Å². The molecule has 0 aliphatic heterocycles. The second-order valence-electron chi connectivity index (χ2n) is 6.21. The predicted octanol–water partition coefficient (Wildman–Crippen LogP) is 3.80. The van der Waals surface area contributed by atoms with Gasteiger partial charge in [0.15, 0.2) is 16.4 Å². The van der Waals surface area contributed by atoms with Crippen LogP contribution in [0.5, 0.6) is 0 Å². The molecule has 4 aromatic heterocycles. The van der Waals surface area contributed by atoms with Gasteiger partial charge in [-0.3, -0.25) is 0 Å². The minimum absolute atomic E-state index is 0.0784. The molecule has 0 spiro atoms. The molecule has 0 radical (unpaired) electrons. The molecule has 1 atom stereocenters. The first-order chi connectivity index (χ1) is 13.2. The molecular weight excluding hydrogens is 362 g/mol. The van der Waals surface area contributed by atoms with Crippen molar-refractivity contribution in [3.05, 3.63) is 72.2 Å². The first kappa shape index (κ1) is 15.9. The number of aromatic nitrogens is 7. The Bertz CT molecular complexity index is 1260. The summed E-state index contributed by atoms with van der Waals surface area (Å²) >= 11 is 6.16. The molecule has 0 unspecified atom stereocenters. The molecule has 0 aliphatic rings. The summed E-state index contributed by atoms with van der Waals surface area (Å²) in [6, 6.07) is 12.1. The van der Waals surface area contributed by atoms with Gasteiger partial charge in [-0.15, -0.1) is 0 Å². The summed E-state index contributed by atoms with van der Waals surface area (Å²) in [7, 11) is 0. The summed E-state index contributed by atoms with van der Waals surface area (Å²) in [6.45, 7) is 2.08. The molecule has 27 heavy (non-hydrogen) atoms. The molecule has 0 amide bonds. The van der Waals surface area contributed by atoms with Crippen molar-refractivity contribution in [3.8, 4) is 11.3 Å². The lowest BCUT2D eigenvalue weighted by molar-refractivity contribution is 0.648. The average molecular weight is 376 g/mol. The third kappa shape index (κ3) is 2.55. The molecule has 8 heteroatoms. The predicted molar refractivity (Wildman–Crippen MR) is 103 cm³/mol. The minimum Gasteiger partial charge on any atom is -0.308 e. The quantitative estimate of drug-likeness (QED) is 0.448. The fourth-order valence-corrected chi connectivity index (χ4v) is 3.44. The molecule has 4 heterocycles. The molecule has 5 rings (SSSR count). The SMILES string of the molecule is C[C@@H](c1cc2nccn2nc1-c1ccccc1)n1cnc2c(Cl)ncnc21. The smallest absolute Gasteiger partial charge is 0.165 e.